The maximum absolute atomic E-state index is 14.9. The number of anilines is 1. The van der Waals surface area contributed by atoms with Crippen molar-refractivity contribution in [3.05, 3.63) is 46.6 Å². The van der Waals surface area contributed by atoms with Crippen molar-refractivity contribution in [3.8, 4) is 17.0 Å². The van der Waals surface area contributed by atoms with E-state index in [4.69, 9.17) is 0 Å². The number of benzene rings is 1. The molecule has 0 unspecified atom stereocenters. The molecule has 2 aliphatic rings. The van der Waals surface area contributed by atoms with Crippen LogP contribution in [0.4, 0.5) is 14.6 Å². The van der Waals surface area contributed by atoms with Gasteiger partial charge in [0.05, 0.1) is 17.1 Å². The van der Waals surface area contributed by atoms with Crippen molar-refractivity contribution in [3.63, 3.8) is 0 Å². The second kappa shape index (κ2) is 7.28. The third-order valence-corrected chi connectivity index (χ3v) is 7.01. The van der Waals surface area contributed by atoms with Gasteiger partial charge in [0, 0.05) is 31.2 Å². The Morgan fingerprint density at radius 1 is 1.16 bits per heavy atom. The van der Waals surface area contributed by atoms with Crippen LogP contribution in [0.25, 0.3) is 22.0 Å². The van der Waals surface area contributed by atoms with Crippen molar-refractivity contribution in [1.29, 1.82) is 0 Å². The number of halogens is 2. The van der Waals surface area contributed by atoms with Crippen molar-refractivity contribution >= 4 is 16.6 Å². The fraction of sp³-hybridized carbons (Fsp3) is 0.435. The van der Waals surface area contributed by atoms with Crippen molar-refractivity contribution < 1.29 is 13.9 Å². The third-order valence-electron chi connectivity index (χ3n) is 7.01. The number of hydrogen-bond donors (Lipinski definition) is 1. The number of aromatic hydroxyl groups is 1. The smallest absolute Gasteiger partial charge is 0.258 e. The third kappa shape index (κ3) is 3.25. The molecular weight excluding hydrogens is 402 g/mol. The molecular formula is C23H24F2N4O2. The minimum Gasteiger partial charge on any atom is -0.507 e. The summed E-state index contributed by atoms with van der Waals surface area (Å²) in [6, 6.07) is 5.85. The molecule has 0 saturated heterocycles. The molecule has 31 heavy (non-hydrogen) atoms. The fourth-order valence-corrected chi connectivity index (χ4v) is 5.26. The number of aryl methyl sites for hydroxylation is 1. The van der Waals surface area contributed by atoms with E-state index in [1.54, 1.807) is 12.1 Å². The highest BCUT2D eigenvalue weighted by Crippen LogP contribution is 2.45. The Morgan fingerprint density at radius 2 is 1.97 bits per heavy atom. The molecule has 8 heteroatoms. The van der Waals surface area contributed by atoms with Gasteiger partial charge in [0.2, 0.25) is 0 Å². The Labute approximate surface area is 178 Å². The monoisotopic (exact) mass is 426 g/mol. The van der Waals surface area contributed by atoms with Crippen LogP contribution in [0.2, 0.25) is 0 Å². The Balaban J connectivity index is 1.47. The van der Waals surface area contributed by atoms with Gasteiger partial charge >= 0.3 is 0 Å². The van der Waals surface area contributed by atoms with Gasteiger partial charge < -0.3 is 14.6 Å². The number of alkyl halides is 1. The van der Waals surface area contributed by atoms with Crippen LogP contribution >= 0.6 is 0 Å². The first-order valence-corrected chi connectivity index (χ1v) is 10.6. The highest BCUT2D eigenvalue weighted by Gasteiger charge is 2.44. The molecule has 162 valence electrons. The van der Waals surface area contributed by atoms with E-state index in [-0.39, 0.29) is 34.0 Å². The minimum atomic E-state index is -0.875. The van der Waals surface area contributed by atoms with Crippen LogP contribution in [0.3, 0.4) is 0 Å². The molecule has 0 amide bonds. The summed E-state index contributed by atoms with van der Waals surface area (Å²) in [6.45, 7) is 0. The normalized spacial score (nSPS) is 25.2. The first-order valence-electron chi connectivity index (χ1n) is 10.6. The van der Waals surface area contributed by atoms with Crippen LogP contribution < -0.4 is 10.5 Å². The van der Waals surface area contributed by atoms with Gasteiger partial charge in [-0.3, -0.25) is 4.79 Å². The molecule has 2 bridgehead atoms. The van der Waals surface area contributed by atoms with E-state index in [0.717, 1.165) is 36.4 Å². The average molecular weight is 426 g/mol. The van der Waals surface area contributed by atoms with Gasteiger partial charge in [0.15, 0.2) is 5.82 Å². The van der Waals surface area contributed by atoms with Gasteiger partial charge in [-0.1, -0.05) is 0 Å². The van der Waals surface area contributed by atoms with Crippen molar-refractivity contribution in [1.82, 2.24) is 14.8 Å². The lowest BCUT2D eigenvalue weighted by atomic mass is 9.83. The summed E-state index contributed by atoms with van der Waals surface area (Å²) in [4.78, 5) is 14.1. The van der Waals surface area contributed by atoms with E-state index < -0.39 is 17.5 Å². The lowest BCUT2D eigenvalue weighted by Gasteiger charge is -2.38. The number of fused-ring (bicyclic) bond motifs is 3. The fourth-order valence-electron chi connectivity index (χ4n) is 5.26. The second-order valence-electron chi connectivity index (χ2n) is 8.88. The zero-order valence-electron chi connectivity index (χ0n) is 17.4. The molecule has 6 nitrogen and oxygen atoms in total. The molecule has 1 aromatic carbocycles. The van der Waals surface area contributed by atoms with Crippen LogP contribution in [0.1, 0.15) is 25.7 Å². The van der Waals surface area contributed by atoms with E-state index in [2.05, 4.69) is 10.2 Å². The average Bonchev–Trinajstić information content (AvgIpc) is 3.17. The molecule has 2 heterocycles. The molecule has 2 aromatic heterocycles. The van der Waals surface area contributed by atoms with Gasteiger partial charge in [-0.05, 0) is 61.8 Å². The van der Waals surface area contributed by atoms with Crippen molar-refractivity contribution in [2.75, 3.05) is 11.9 Å². The lowest BCUT2D eigenvalue weighted by molar-refractivity contribution is 0.144. The zero-order chi connectivity index (χ0) is 21.9. The van der Waals surface area contributed by atoms with E-state index in [1.165, 1.54) is 19.2 Å². The molecule has 0 aliphatic heterocycles. The van der Waals surface area contributed by atoms with Crippen molar-refractivity contribution in [2.24, 2.45) is 18.9 Å². The second-order valence-corrected chi connectivity index (χ2v) is 8.88. The molecule has 2 saturated carbocycles. The number of phenols is 1. The number of nitrogens with zero attached hydrogens (tertiary/aromatic N) is 4. The van der Waals surface area contributed by atoms with Gasteiger partial charge in [-0.15, -0.1) is 10.2 Å². The number of rotatable bonds is 3. The SMILES string of the molecule is CN(c1ccc(-c2cc3c(F)cn(C)c(=O)c3cc2O)nn1)[C@H]1C[C@@H]2CC[C@@H](C2)[C@H]1F. The highest BCUT2D eigenvalue weighted by molar-refractivity contribution is 5.89. The maximum atomic E-state index is 14.9. The van der Waals surface area contributed by atoms with Gasteiger partial charge in [0.1, 0.15) is 17.7 Å². The van der Waals surface area contributed by atoms with Crippen LogP contribution in [-0.4, -0.2) is 39.1 Å². The highest BCUT2D eigenvalue weighted by atomic mass is 19.1. The number of aromatic nitrogens is 3. The lowest BCUT2D eigenvalue weighted by Crippen LogP contribution is -2.46. The van der Waals surface area contributed by atoms with Crippen LogP contribution in [0.5, 0.6) is 5.75 Å². The summed E-state index contributed by atoms with van der Waals surface area (Å²) in [5, 5.41) is 19.1. The topological polar surface area (TPSA) is 71.2 Å². The largest absolute Gasteiger partial charge is 0.507 e. The summed E-state index contributed by atoms with van der Waals surface area (Å²) in [5.41, 5.74) is 0.223. The molecule has 4 atom stereocenters. The standard InChI is InChI=1S/C23H24F2N4O2/c1-28-11-17(24)14-9-16(20(30)10-15(14)23(28)31)18-5-6-21(27-26-18)29(2)19-8-12-3-4-13(7-12)22(19)25/h5-6,9-13,19,22,30H,3-4,7-8H2,1-2H3/t12-,13+,19+,22-/m1/s1. The molecule has 2 aliphatic carbocycles. The summed E-state index contributed by atoms with van der Waals surface area (Å²) in [6.07, 6.45) is 4.09. The Bertz CT molecular complexity index is 1210. The Kier molecular flexibility index (Phi) is 4.68. The molecule has 0 spiro atoms. The Morgan fingerprint density at radius 3 is 2.71 bits per heavy atom. The molecule has 3 aromatic rings. The Hall–Kier alpha value is -3.03. The quantitative estimate of drug-likeness (QED) is 0.690. The van der Waals surface area contributed by atoms with Crippen molar-refractivity contribution in [2.45, 2.75) is 37.9 Å². The van der Waals surface area contributed by atoms with Gasteiger partial charge in [-0.25, -0.2) is 8.78 Å². The summed E-state index contributed by atoms with van der Waals surface area (Å²) in [7, 11) is 3.29. The first-order chi connectivity index (χ1) is 14.8. The number of hydrogen-bond acceptors (Lipinski definition) is 5. The maximum Gasteiger partial charge on any atom is 0.258 e. The predicted octanol–water partition coefficient (Wildman–Crippen LogP) is 3.80. The molecule has 1 N–H and O–H groups in total. The summed E-state index contributed by atoms with van der Waals surface area (Å²) >= 11 is 0. The molecule has 0 radical (unpaired) electrons. The number of pyridine rings is 1. The van der Waals surface area contributed by atoms with Crippen LogP contribution in [0, 0.1) is 17.7 Å². The van der Waals surface area contributed by atoms with E-state index in [0.29, 0.717) is 17.4 Å². The summed E-state index contributed by atoms with van der Waals surface area (Å²) in [5.74, 6) is 0.518. The van der Waals surface area contributed by atoms with Gasteiger partial charge in [-0.2, -0.15) is 0 Å². The van der Waals surface area contributed by atoms with Crippen LogP contribution in [0.15, 0.2) is 35.3 Å². The van der Waals surface area contributed by atoms with E-state index in [9.17, 15) is 18.7 Å². The molecule has 5 rings (SSSR count). The van der Waals surface area contributed by atoms with E-state index >= 15 is 0 Å². The predicted molar refractivity (Wildman–Crippen MR) is 114 cm³/mol. The van der Waals surface area contributed by atoms with Gasteiger partial charge in [0.25, 0.3) is 5.56 Å². The van der Waals surface area contributed by atoms with Crippen LogP contribution in [-0.2, 0) is 7.05 Å². The zero-order valence-corrected chi connectivity index (χ0v) is 17.4. The minimum absolute atomic E-state index is 0.0916. The van der Waals surface area contributed by atoms with E-state index in [1.807, 2.05) is 11.9 Å². The molecule has 2 fully saturated rings. The summed E-state index contributed by atoms with van der Waals surface area (Å²) < 4.78 is 30.5. The first kappa shape index (κ1) is 19.9. The number of phenolic OH excluding ortho intramolecular Hbond substituents is 1.